The number of carboxylic acid groups (broad SMARTS) is 3. The molecule has 4 saturated heterocycles. The second-order valence-corrected chi connectivity index (χ2v) is 34.7. The number of carboxylic acids is 3. The number of aliphatic carboxylic acids is 3. The van der Waals surface area contributed by atoms with Gasteiger partial charge < -0.3 is 136 Å². The van der Waals surface area contributed by atoms with Crippen LogP contribution in [0.2, 0.25) is 0 Å². The van der Waals surface area contributed by atoms with Crippen molar-refractivity contribution >= 4 is 146 Å². The molecular weight excluding hydrogens is 1790 g/mol. The number of H-pyrrole nitrogens is 1. The molecule has 18 amide bonds. The molecule has 0 spiro atoms. The number of fused-ring (bicyclic) bond motifs is 5. The van der Waals surface area contributed by atoms with Crippen LogP contribution in [-0.4, -0.2) is 321 Å². The summed E-state index contributed by atoms with van der Waals surface area (Å²) in [6.07, 6.45) is -5.14. The fourth-order valence-corrected chi connectivity index (χ4v) is 17.5. The van der Waals surface area contributed by atoms with Gasteiger partial charge >= 0.3 is 17.9 Å². The first kappa shape index (κ1) is 106. The number of hydrogen-bond acceptors (Lipinski definition) is 24. The molecule has 4 aliphatic heterocycles. The Morgan fingerprint density at radius 3 is 1.58 bits per heavy atom. The molecule has 0 aliphatic carbocycles. The standard InChI is InChI=1S/C90H121N21O26/c1-5-7-19-65-82(129)98-56(29-31-74(118)119)79(126)105-63(77(94)124)42-95-43-73(117)97-59(34-47-24-26-50(112)27-25-47)87(134)109-32-14-13-22-66(109)84(131)104-61(39-72(93)116)88(135)110-33-15-23-67(110)83(130)99-55(28-30-70(91)114)78(125)103-62(40-75(120)121)89(136)111-45-51(113)37-69(111)85(132)101-57(35-48-41-96-54-18-11-9-16-52(48)54)80(127)100-58(38-71(92)115)81(128)102-60(86(133)107(4)68(20-8-6-2)90(137)106(65)3)36-49-44-108(46-76(122)123)64-21-12-10-17-53(49)64/h9-12,16-18,21,24-27,41,44,51,55-63,65-69,95-96,112-113H,5-8,13-15,19-20,22-23,28-40,42-43,45-46H2,1-4H3,(H2,91,114)(H2,92,115)(H2,93,116)(H2,94,124)(H,97,117)(H,98,129)(H,99,130)(H,100,127)(H,101,132)(H,102,128)(H,103,125)(H,104,131)(H,105,126)(H,118,119)(H,120,121)(H,122,123)/t51-,55+,56+,57+,58+,59+,60+,61+,62+,63+,65+,66+,67?,68+,69+/m1/s1. The lowest BCUT2D eigenvalue weighted by Gasteiger charge is -2.38. The summed E-state index contributed by atoms with van der Waals surface area (Å²) < 4.78 is 1.35. The van der Waals surface area contributed by atoms with Crippen molar-refractivity contribution < 1.29 is 126 Å². The van der Waals surface area contributed by atoms with E-state index in [4.69, 9.17) is 22.9 Å². The number of para-hydroxylation sites is 2. The van der Waals surface area contributed by atoms with Gasteiger partial charge in [-0.2, -0.15) is 0 Å². The van der Waals surface area contributed by atoms with Crippen LogP contribution in [0.4, 0.5) is 0 Å². The van der Waals surface area contributed by atoms with E-state index in [0.29, 0.717) is 63.5 Å². The number of hydrogen-bond donors (Lipinski definition) is 20. The van der Waals surface area contributed by atoms with Crippen molar-refractivity contribution in [1.82, 2.24) is 87.2 Å². The van der Waals surface area contributed by atoms with Gasteiger partial charge in [-0.15, -0.1) is 0 Å². The van der Waals surface area contributed by atoms with Crippen LogP contribution in [-0.2, 0) is 126 Å². The van der Waals surface area contributed by atoms with Crippen molar-refractivity contribution in [2.45, 2.75) is 252 Å². The molecule has 24 N–H and O–H groups in total. The number of aliphatic hydroxyl groups excluding tert-OH is 1. The van der Waals surface area contributed by atoms with Crippen molar-refractivity contribution in [3.63, 3.8) is 0 Å². The molecule has 742 valence electrons. The number of phenols is 1. The summed E-state index contributed by atoms with van der Waals surface area (Å²) in [5.74, 6) is -24.8. The number of piperidine rings is 1. The molecular formula is C90H121N21O26. The van der Waals surface area contributed by atoms with Gasteiger partial charge in [-0.05, 0) is 98.7 Å². The van der Waals surface area contributed by atoms with Gasteiger partial charge in [-0.3, -0.25) is 101 Å². The van der Waals surface area contributed by atoms with E-state index in [-0.39, 0.29) is 75.8 Å². The summed E-state index contributed by atoms with van der Waals surface area (Å²) >= 11 is 0. The van der Waals surface area contributed by atoms with E-state index < -0.39 is 305 Å². The number of rotatable bonds is 27. The smallest absolute Gasteiger partial charge is 0.323 e. The number of primary amides is 4. The third-order valence-corrected chi connectivity index (χ3v) is 24.6. The van der Waals surface area contributed by atoms with E-state index in [1.165, 1.54) is 55.3 Å². The summed E-state index contributed by atoms with van der Waals surface area (Å²) in [6, 6.07) is -6.25. The minimum absolute atomic E-state index is 0.0659. The SMILES string of the molecule is CCCC[C@H]1C(=O)N(C)[C@@H](CCCC)C(=O)N[C@@H](CCC(=O)O)C(=O)N[C@H](C(N)=O)CNCC(=O)N[C@@H](Cc2ccc(O)cc2)C(=O)N2CCCC[C@H]2C(=O)N[C@@H](CC(N)=O)C(=O)N2CCCC2C(=O)N[C@@H](CCC(N)=O)C(=O)N[C@@H](CC(=O)O)C(=O)N2C[C@H](O)C[C@H]2C(=O)N[C@@H](Cc2c[nH]c3ccccc23)C(=O)N[C@@H](CC(N)=O)C(=O)N[C@@H](Cc2cn(CC(=O)O)c3ccccc23)C(=O)N1C. The first-order valence-electron chi connectivity index (χ1n) is 45.3. The summed E-state index contributed by atoms with van der Waals surface area (Å²) in [7, 11) is 2.45. The number of aliphatic hydroxyl groups is 1. The Balaban J connectivity index is 1.12. The Morgan fingerprint density at radius 2 is 0.949 bits per heavy atom. The molecule has 0 bridgehead atoms. The number of benzene rings is 3. The average molecular weight is 1910 g/mol. The van der Waals surface area contributed by atoms with Gasteiger partial charge in [-0.25, -0.2) is 0 Å². The average Bonchev–Trinajstić information content (AvgIpc) is 1.52. The van der Waals surface area contributed by atoms with Gasteiger partial charge in [0.2, 0.25) is 106 Å². The quantitative estimate of drug-likeness (QED) is 0.0234. The molecule has 47 nitrogen and oxygen atoms in total. The normalized spacial score (nSPS) is 25.0. The third-order valence-electron chi connectivity index (χ3n) is 24.6. The highest BCUT2D eigenvalue weighted by Gasteiger charge is 2.48. The number of aromatic amines is 1. The molecule has 137 heavy (non-hydrogen) atoms. The van der Waals surface area contributed by atoms with E-state index in [9.17, 15) is 87.9 Å². The second kappa shape index (κ2) is 49.5. The van der Waals surface area contributed by atoms with Crippen LogP contribution < -0.4 is 76.1 Å². The molecule has 6 heterocycles. The summed E-state index contributed by atoms with van der Waals surface area (Å²) in [6.45, 7) is 0.430. The lowest BCUT2D eigenvalue weighted by atomic mass is 9.97. The molecule has 9 rings (SSSR count). The van der Waals surface area contributed by atoms with E-state index in [2.05, 4.69) is 58.2 Å². The van der Waals surface area contributed by atoms with Gasteiger partial charge in [0.25, 0.3) is 0 Å². The zero-order valence-corrected chi connectivity index (χ0v) is 76.3. The zero-order chi connectivity index (χ0) is 100. The molecule has 4 aliphatic rings. The van der Waals surface area contributed by atoms with Gasteiger partial charge in [0.15, 0.2) is 0 Å². The van der Waals surface area contributed by atoms with E-state index >= 15 is 38.4 Å². The third kappa shape index (κ3) is 29.2. The van der Waals surface area contributed by atoms with Crippen LogP contribution in [0.25, 0.3) is 21.8 Å². The summed E-state index contributed by atoms with van der Waals surface area (Å²) in [5.41, 5.74) is 24.7. The number of carbonyl (C=O) groups is 21. The predicted molar refractivity (Wildman–Crippen MR) is 484 cm³/mol. The number of nitrogens with one attached hydrogen (secondary N) is 11. The topological polar surface area (TPSA) is 721 Å². The van der Waals surface area contributed by atoms with Crippen molar-refractivity contribution in [2.75, 3.05) is 46.8 Å². The number of unbranched alkanes of at least 4 members (excludes halogenated alkanes) is 2. The molecule has 3 aromatic carbocycles. The monoisotopic (exact) mass is 1910 g/mol. The van der Waals surface area contributed by atoms with Crippen LogP contribution in [0.3, 0.4) is 0 Å². The van der Waals surface area contributed by atoms with Crippen LogP contribution >= 0.6 is 0 Å². The number of likely N-dealkylation sites (N-methyl/N-ethyl adjacent to an activating group) is 2. The molecule has 15 atom stereocenters. The number of aromatic hydroxyl groups is 1. The molecule has 1 unspecified atom stereocenters. The van der Waals surface area contributed by atoms with E-state index in [1.54, 1.807) is 62.4 Å². The van der Waals surface area contributed by atoms with Crippen molar-refractivity contribution in [2.24, 2.45) is 22.9 Å². The maximum absolute atomic E-state index is 15.9. The van der Waals surface area contributed by atoms with Gasteiger partial charge in [0.05, 0.1) is 31.9 Å². The fraction of sp³-hybridized carbons (Fsp3) is 0.522. The Hall–Kier alpha value is -14.7. The van der Waals surface area contributed by atoms with Crippen LogP contribution in [0.1, 0.15) is 153 Å². The van der Waals surface area contributed by atoms with Gasteiger partial charge in [-0.1, -0.05) is 88.1 Å². The number of aromatic nitrogens is 2. The lowest BCUT2D eigenvalue weighted by molar-refractivity contribution is -0.149. The van der Waals surface area contributed by atoms with Crippen molar-refractivity contribution in [1.29, 1.82) is 0 Å². The van der Waals surface area contributed by atoms with E-state index in [0.717, 1.165) is 19.6 Å². The molecule has 2 aromatic heterocycles. The Bertz CT molecular complexity index is 5330. The Labute approximate surface area is 785 Å². The number of nitrogens with zero attached hydrogens (tertiary/aromatic N) is 6. The highest BCUT2D eigenvalue weighted by atomic mass is 16.4. The Kier molecular flexibility index (Phi) is 38.3. The summed E-state index contributed by atoms with van der Waals surface area (Å²) in [5, 5.41) is 78.0. The Morgan fingerprint density at radius 1 is 0.445 bits per heavy atom. The highest BCUT2D eigenvalue weighted by Crippen LogP contribution is 2.30. The lowest BCUT2D eigenvalue weighted by Crippen LogP contribution is -2.62. The fourth-order valence-electron chi connectivity index (χ4n) is 17.5. The maximum atomic E-state index is 15.9. The number of nitrogens with two attached hydrogens (primary N) is 4. The van der Waals surface area contributed by atoms with Gasteiger partial charge in [0.1, 0.15) is 96.9 Å². The number of phenolic OH excluding ortho intramolecular Hbond substituents is 1. The molecule has 0 radical (unpaired) electrons. The van der Waals surface area contributed by atoms with Gasteiger partial charge in [0, 0.05) is 113 Å². The van der Waals surface area contributed by atoms with Crippen molar-refractivity contribution in [3.05, 3.63) is 102 Å². The highest BCUT2D eigenvalue weighted by molar-refractivity contribution is 6.03. The van der Waals surface area contributed by atoms with Crippen LogP contribution in [0, 0.1) is 0 Å². The molecule has 47 heteroatoms. The molecule has 4 fully saturated rings. The first-order chi connectivity index (χ1) is 65.1. The van der Waals surface area contributed by atoms with Crippen LogP contribution in [0.15, 0.2) is 85.2 Å². The largest absolute Gasteiger partial charge is 0.508 e. The zero-order valence-electron chi connectivity index (χ0n) is 76.3. The second-order valence-electron chi connectivity index (χ2n) is 34.7. The molecule has 5 aromatic rings. The first-order valence-corrected chi connectivity index (χ1v) is 45.3. The minimum Gasteiger partial charge on any atom is -0.508 e. The van der Waals surface area contributed by atoms with E-state index in [1.807, 2.05) is 0 Å². The van der Waals surface area contributed by atoms with Crippen molar-refractivity contribution in [3.8, 4) is 5.75 Å². The maximum Gasteiger partial charge on any atom is 0.323 e. The number of carbonyl (C=O) groups excluding carboxylic acids is 18. The predicted octanol–water partition coefficient (Wildman–Crippen LogP) is -4.88. The minimum atomic E-state index is -2.19. The van der Waals surface area contributed by atoms with Crippen LogP contribution in [0.5, 0.6) is 5.75 Å². The molecule has 0 saturated carbocycles. The number of amides is 18. The summed E-state index contributed by atoms with van der Waals surface area (Å²) in [4.78, 5) is 308.